The second-order valence-electron chi connectivity index (χ2n) is 7.74. The molecule has 1 spiro atoms. The van der Waals surface area contributed by atoms with Crippen LogP contribution in [0.2, 0.25) is 0 Å². The van der Waals surface area contributed by atoms with Crippen molar-refractivity contribution < 1.29 is 19.5 Å². The van der Waals surface area contributed by atoms with E-state index in [9.17, 15) is 19.5 Å². The number of unbranched alkanes of at least 4 members (excludes halogenated alkanes) is 1. The molecule has 2 unspecified atom stereocenters. The van der Waals surface area contributed by atoms with E-state index in [0.717, 1.165) is 25.7 Å². The van der Waals surface area contributed by atoms with E-state index in [4.69, 9.17) is 0 Å². The van der Waals surface area contributed by atoms with Crippen LogP contribution in [0, 0.1) is 11.8 Å². The largest absolute Gasteiger partial charge is 0.395 e. The van der Waals surface area contributed by atoms with E-state index in [-0.39, 0.29) is 35.6 Å². The van der Waals surface area contributed by atoms with Gasteiger partial charge in [-0.3, -0.25) is 14.4 Å². The van der Waals surface area contributed by atoms with Gasteiger partial charge in [-0.05, 0) is 26.2 Å². The number of rotatable bonds is 7. The lowest BCUT2D eigenvalue weighted by molar-refractivity contribution is -0.140. The monoisotopic (exact) mass is 383 g/mol. The lowest BCUT2D eigenvalue weighted by Gasteiger charge is -2.34. The van der Waals surface area contributed by atoms with Crippen LogP contribution in [-0.4, -0.2) is 70.0 Å². The Hall–Kier alpha value is -1.28. The maximum absolute atomic E-state index is 13.2. The maximum atomic E-state index is 13.2. The average Bonchev–Trinajstić information content (AvgIpc) is 3.16. The fourth-order valence-electron chi connectivity index (χ4n) is 5.12. The molecular weight excluding hydrogens is 354 g/mol. The molecule has 7 nitrogen and oxygen atoms in total. The fraction of sp³-hybridized carbons (Fsp3) is 0.833. The number of thioether (sulfide) groups is 1. The van der Waals surface area contributed by atoms with Gasteiger partial charge in [0.2, 0.25) is 17.7 Å². The van der Waals surface area contributed by atoms with Crippen LogP contribution in [0.4, 0.5) is 0 Å². The Morgan fingerprint density at radius 1 is 1.35 bits per heavy atom. The smallest absolute Gasteiger partial charge is 0.244 e. The van der Waals surface area contributed by atoms with Crippen molar-refractivity contribution in [1.29, 1.82) is 0 Å². The molecule has 3 aliphatic heterocycles. The van der Waals surface area contributed by atoms with E-state index < -0.39 is 22.6 Å². The minimum absolute atomic E-state index is 0.126. The first kappa shape index (κ1) is 19.5. The second kappa shape index (κ2) is 7.03. The maximum Gasteiger partial charge on any atom is 0.244 e. The van der Waals surface area contributed by atoms with Crippen LogP contribution in [-0.2, 0) is 14.4 Å². The molecule has 3 aliphatic rings. The highest BCUT2D eigenvalue weighted by molar-refractivity contribution is 8.02. The Kier molecular flexibility index (Phi) is 5.27. The Morgan fingerprint density at radius 3 is 2.69 bits per heavy atom. The highest BCUT2D eigenvalue weighted by Crippen LogP contribution is 2.71. The number of hydrogen-bond acceptors (Lipinski definition) is 5. The highest BCUT2D eigenvalue weighted by atomic mass is 32.2. The third-order valence-electron chi connectivity index (χ3n) is 6.22. The van der Waals surface area contributed by atoms with Crippen LogP contribution >= 0.6 is 11.8 Å². The number of aliphatic hydroxyl groups excluding tert-OH is 1. The minimum atomic E-state index is -0.620. The van der Waals surface area contributed by atoms with E-state index in [1.165, 1.54) is 4.90 Å². The second-order valence-corrected chi connectivity index (χ2v) is 9.64. The lowest BCUT2D eigenvalue weighted by Crippen LogP contribution is -2.54. The molecule has 0 saturated carbocycles. The first-order valence-corrected chi connectivity index (χ1v) is 10.3. The SMILES string of the molecule is CCCCNC(=O)C1N(CCO)C(=O)[C@@H]2[C@H](C(=O)NC)[C@]3(C)CCC12S3. The van der Waals surface area contributed by atoms with Gasteiger partial charge in [0.25, 0.3) is 0 Å². The van der Waals surface area contributed by atoms with Crippen molar-refractivity contribution in [2.75, 3.05) is 26.7 Å². The van der Waals surface area contributed by atoms with Crippen LogP contribution in [0.5, 0.6) is 0 Å². The molecule has 3 fully saturated rings. The third-order valence-corrected chi connectivity index (χ3v) is 8.21. The summed E-state index contributed by atoms with van der Waals surface area (Å²) in [6.45, 7) is 4.61. The quantitative estimate of drug-likeness (QED) is 0.543. The van der Waals surface area contributed by atoms with Crippen LogP contribution in [0.15, 0.2) is 0 Å². The molecule has 3 N–H and O–H groups in total. The van der Waals surface area contributed by atoms with Crippen molar-refractivity contribution in [2.24, 2.45) is 11.8 Å². The van der Waals surface area contributed by atoms with Crippen molar-refractivity contribution in [2.45, 2.75) is 55.1 Å². The van der Waals surface area contributed by atoms with Gasteiger partial charge >= 0.3 is 0 Å². The molecular formula is C18H29N3O4S. The summed E-state index contributed by atoms with van der Waals surface area (Å²) in [4.78, 5) is 40.4. The molecule has 2 bridgehead atoms. The molecule has 0 aromatic heterocycles. The first-order valence-electron chi connectivity index (χ1n) is 9.47. The molecule has 8 heteroatoms. The molecule has 0 aromatic rings. The summed E-state index contributed by atoms with van der Waals surface area (Å²) in [6, 6.07) is -0.620. The molecule has 3 amide bonds. The van der Waals surface area contributed by atoms with E-state index in [0.29, 0.717) is 6.54 Å². The molecule has 0 aromatic carbocycles. The third kappa shape index (κ3) is 2.64. The van der Waals surface area contributed by atoms with Crippen molar-refractivity contribution in [3.8, 4) is 0 Å². The zero-order valence-corrected chi connectivity index (χ0v) is 16.5. The number of hydrogen-bond donors (Lipinski definition) is 3. The molecule has 0 aliphatic carbocycles. The number of likely N-dealkylation sites (tertiary alicyclic amines) is 1. The summed E-state index contributed by atoms with van der Waals surface area (Å²) in [5.74, 6) is -1.39. The van der Waals surface area contributed by atoms with Gasteiger partial charge in [0, 0.05) is 24.9 Å². The fourth-order valence-corrected chi connectivity index (χ4v) is 7.47. The number of carbonyl (C=O) groups is 3. The van der Waals surface area contributed by atoms with Gasteiger partial charge < -0.3 is 20.6 Å². The molecule has 3 saturated heterocycles. The van der Waals surface area contributed by atoms with Gasteiger partial charge in [0.1, 0.15) is 6.04 Å². The standard InChI is InChI=1S/C18H29N3O4S/c1-4-5-8-20-15(24)13-18-7-6-17(2,26-18)11(14(23)19-3)12(18)16(25)21(13)9-10-22/h11-13,22H,4-10H2,1-3H3,(H,19,23)(H,20,24)/t11-,12+,13?,17+,18?/m1/s1. The predicted molar refractivity (Wildman–Crippen MR) is 99.5 cm³/mol. The number of nitrogens with one attached hydrogen (secondary N) is 2. The number of amides is 3. The zero-order valence-electron chi connectivity index (χ0n) is 15.7. The van der Waals surface area contributed by atoms with Crippen molar-refractivity contribution in [3.63, 3.8) is 0 Å². The molecule has 3 heterocycles. The summed E-state index contributed by atoms with van der Waals surface area (Å²) in [7, 11) is 1.59. The summed E-state index contributed by atoms with van der Waals surface area (Å²) in [6.07, 6.45) is 3.41. The van der Waals surface area contributed by atoms with Crippen LogP contribution in [0.3, 0.4) is 0 Å². The van der Waals surface area contributed by atoms with Gasteiger partial charge in [-0.1, -0.05) is 13.3 Å². The highest BCUT2D eigenvalue weighted by Gasteiger charge is 2.76. The molecule has 26 heavy (non-hydrogen) atoms. The number of aliphatic hydroxyl groups is 1. The lowest BCUT2D eigenvalue weighted by atomic mass is 9.66. The summed E-state index contributed by atoms with van der Waals surface area (Å²) >= 11 is 1.65. The topological polar surface area (TPSA) is 98.7 Å². The average molecular weight is 384 g/mol. The van der Waals surface area contributed by atoms with E-state index in [2.05, 4.69) is 17.6 Å². The van der Waals surface area contributed by atoms with Gasteiger partial charge in [-0.2, -0.15) is 0 Å². The van der Waals surface area contributed by atoms with Crippen molar-refractivity contribution in [1.82, 2.24) is 15.5 Å². The summed E-state index contributed by atoms with van der Waals surface area (Å²) in [5, 5.41) is 15.1. The van der Waals surface area contributed by atoms with E-state index in [1.807, 2.05) is 6.92 Å². The van der Waals surface area contributed by atoms with Crippen LogP contribution in [0.1, 0.15) is 39.5 Å². The van der Waals surface area contributed by atoms with Gasteiger partial charge in [0.15, 0.2) is 0 Å². The van der Waals surface area contributed by atoms with Gasteiger partial charge in [0.05, 0.1) is 23.2 Å². The van der Waals surface area contributed by atoms with Gasteiger partial charge in [-0.25, -0.2) is 0 Å². The Balaban J connectivity index is 1.97. The Bertz CT molecular complexity index is 615. The number of fused-ring (bicyclic) bond motifs is 1. The molecule has 0 radical (unpaired) electrons. The van der Waals surface area contributed by atoms with Crippen LogP contribution < -0.4 is 10.6 Å². The molecule has 5 atom stereocenters. The number of carbonyl (C=O) groups excluding carboxylic acids is 3. The zero-order chi connectivity index (χ0) is 19.1. The number of nitrogens with zero attached hydrogens (tertiary/aromatic N) is 1. The Morgan fingerprint density at radius 2 is 2.08 bits per heavy atom. The summed E-state index contributed by atoms with van der Waals surface area (Å²) < 4.78 is -0.901. The van der Waals surface area contributed by atoms with Crippen molar-refractivity contribution >= 4 is 29.5 Å². The van der Waals surface area contributed by atoms with Gasteiger partial charge in [-0.15, -0.1) is 11.8 Å². The Labute approximate surface area is 158 Å². The number of β-amino-alcohol motifs (C(OH)–C–C–N with tert-alkyl or cyclic N) is 1. The normalized spacial score (nSPS) is 37.8. The van der Waals surface area contributed by atoms with Crippen LogP contribution in [0.25, 0.3) is 0 Å². The predicted octanol–water partition coefficient (Wildman–Crippen LogP) is 0.122. The first-order chi connectivity index (χ1) is 12.4. The van der Waals surface area contributed by atoms with E-state index >= 15 is 0 Å². The van der Waals surface area contributed by atoms with Crippen molar-refractivity contribution in [3.05, 3.63) is 0 Å². The molecule has 3 rings (SSSR count). The summed E-state index contributed by atoms with van der Waals surface area (Å²) in [5.41, 5.74) is 0. The minimum Gasteiger partial charge on any atom is -0.395 e. The molecule has 146 valence electrons. The van der Waals surface area contributed by atoms with E-state index in [1.54, 1.807) is 18.8 Å².